The zero-order valence-electron chi connectivity index (χ0n) is 16.8. The molecule has 0 radical (unpaired) electrons. The lowest BCUT2D eigenvalue weighted by Gasteiger charge is -2.25. The number of hydrogen-bond donors (Lipinski definition) is 2. The number of rotatable bonds is 2. The summed E-state index contributed by atoms with van der Waals surface area (Å²) in [6.45, 7) is 2.16. The molecule has 32 heavy (non-hydrogen) atoms. The van der Waals surface area contributed by atoms with Gasteiger partial charge in [-0.1, -0.05) is 18.2 Å². The number of nitrogens with zero attached hydrogens (tertiary/aromatic N) is 3. The molecule has 2 aromatic carbocycles. The van der Waals surface area contributed by atoms with Crippen molar-refractivity contribution in [3.05, 3.63) is 81.0 Å². The molecular formula is C22H17F4N5O. The maximum Gasteiger partial charge on any atom is 0.419 e. The monoisotopic (exact) mass is 443 g/mol. The Morgan fingerprint density at radius 2 is 1.94 bits per heavy atom. The van der Waals surface area contributed by atoms with E-state index in [9.17, 15) is 22.4 Å². The van der Waals surface area contributed by atoms with Gasteiger partial charge in [0.25, 0.3) is 0 Å². The first-order chi connectivity index (χ1) is 15.2. The Morgan fingerprint density at radius 3 is 2.72 bits per heavy atom. The molecule has 1 aliphatic heterocycles. The van der Waals surface area contributed by atoms with Crippen LogP contribution in [0.25, 0.3) is 22.4 Å². The van der Waals surface area contributed by atoms with Gasteiger partial charge in [-0.25, -0.2) is 14.1 Å². The second-order valence-electron chi connectivity index (χ2n) is 7.70. The van der Waals surface area contributed by atoms with E-state index in [0.29, 0.717) is 39.4 Å². The summed E-state index contributed by atoms with van der Waals surface area (Å²) in [5, 5.41) is 8.18. The molecule has 0 aliphatic carbocycles. The summed E-state index contributed by atoms with van der Waals surface area (Å²) in [4.78, 5) is 20.4. The Kier molecular flexibility index (Phi) is 4.63. The van der Waals surface area contributed by atoms with E-state index in [2.05, 4.69) is 20.4 Å². The van der Waals surface area contributed by atoms with Crippen molar-refractivity contribution in [2.24, 2.45) is 0 Å². The minimum Gasteiger partial charge on any atom is -0.351 e. The summed E-state index contributed by atoms with van der Waals surface area (Å²) in [5.74, 6) is -0.391. The highest BCUT2D eigenvalue weighted by molar-refractivity contribution is 5.82. The van der Waals surface area contributed by atoms with Crippen LogP contribution in [0.4, 0.5) is 17.6 Å². The lowest BCUT2D eigenvalue weighted by Crippen LogP contribution is -2.33. The number of hydrogen-bond acceptors (Lipinski definition) is 4. The molecule has 0 spiro atoms. The van der Waals surface area contributed by atoms with Crippen LogP contribution in [0, 0.1) is 12.7 Å². The van der Waals surface area contributed by atoms with Gasteiger partial charge in [0, 0.05) is 16.5 Å². The topological polar surface area (TPSA) is 75.6 Å². The molecule has 0 saturated carbocycles. The van der Waals surface area contributed by atoms with E-state index in [4.69, 9.17) is 0 Å². The van der Waals surface area contributed by atoms with Crippen LogP contribution in [-0.2, 0) is 19.3 Å². The summed E-state index contributed by atoms with van der Waals surface area (Å²) in [6.07, 6.45) is -4.78. The molecule has 1 unspecified atom stereocenters. The predicted molar refractivity (Wildman–Crippen MR) is 109 cm³/mol. The van der Waals surface area contributed by atoms with Crippen molar-refractivity contribution in [3.8, 4) is 11.5 Å². The molecule has 2 N–H and O–H groups in total. The minimum atomic E-state index is -4.78. The molecular weight excluding hydrogens is 426 g/mol. The molecule has 0 amide bonds. The molecule has 6 nitrogen and oxygen atoms in total. The van der Waals surface area contributed by atoms with Gasteiger partial charge >= 0.3 is 6.18 Å². The van der Waals surface area contributed by atoms with Gasteiger partial charge in [0.05, 0.1) is 30.4 Å². The number of fused-ring (bicyclic) bond motifs is 2. The fourth-order valence-electron chi connectivity index (χ4n) is 3.97. The first-order valence-corrected chi connectivity index (χ1v) is 9.88. The highest BCUT2D eigenvalue weighted by Gasteiger charge is 2.35. The molecule has 0 saturated heterocycles. The van der Waals surface area contributed by atoms with Crippen molar-refractivity contribution >= 4 is 10.9 Å². The quantitative estimate of drug-likeness (QED) is 0.458. The number of H-pyrrole nitrogens is 1. The summed E-state index contributed by atoms with van der Waals surface area (Å²) < 4.78 is 54.5. The van der Waals surface area contributed by atoms with Crippen molar-refractivity contribution in [2.45, 2.75) is 32.2 Å². The number of para-hydroxylation sites is 1. The number of halogens is 4. The SMILES string of the molecule is Cc1c(-c2nc3n(n2)CC(c2ccc(F)c(C(F)(F)F)c2)NC3)[nH]c2ccccc2c1=O. The van der Waals surface area contributed by atoms with Crippen LogP contribution in [0.2, 0.25) is 0 Å². The second-order valence-corrected chi connectivity index (χ2v) is 7.70. The normalized spacial score (nSPS) is 16.3. The van der Waals surface area contributed by atoms with E-state index < -0.39 is 23.6 Å². The average Bonchev–Trinajstić information content (AvgIpc) is 3.19. The Hall–Kier alpha value is -3.53. The van der Waals surface area contributed by atoms with Crippen LogP contribution in [0.1, 0.15) is 28.6 Å². The van der Waals surface area contributed by atoms with Crippen LogP contribution in [-0.4, -0.2) is 19.7 Å². The van der Waals surface area contributed by atoms with Gasteiger partial charge in [0.15, 0.2) is 11.3 Å². The lowest BCUT2D eigenvalue weighted by atomic mass is 10.0. The number of alkyl halides is 3. The number of pyridine rings is 1. The molecule has 3 heterocycles. The van der Waals surface area contributed by atoms with Gasteiger partial charge < -0.3 is 10.3 Å². The van der Waals surface area contributed by atoms with Crippen molar-refractivity contribution in [1.82, 2.24) is 25.1 Å². The van der Waals surface area contributed by atoms with Crippen LogP contribution in [0.5, 0.6) is 0 Å². The Morgan fingerprint density at radius 1 is 1.16 bits per heavy atom. The first kappa shape index (κ1) is 20.4. The molecule has 0 bridgehead atoms. The van der Waals surface area contributed by atoms with Gasteiger partial charge in [-0.05, 0) is 36.8 Å². The third-order valence-electron chi connectivity index (χ3n) is 5.68. The zero-order chi connectivity index (χ0) is 22.6. The fourth-order valence-corrected chi connectivity index (χ4v) is 3.97. The van der Waals surface area contributed by atoms with Gasteiger partial charge in [-0.15, -0.1) is 5.10 Å². The summed E-state index contributed by atoms with van der Waals surface area (Å²) in [5.41, 5.74) is 0.512. The van der Waals surface area contributed by atoms with E-state index in [1.165, 1.54) is 6.07 Å². The van der Waals surface area contributed by atoms with Crippen LogP contribution >= 0.6 is 0 Å². The van der Waals surface area contributed by atoms with E-state index in [1.54, 1.807) is 29.8 Å². The average molecular weight is 443 g/mol. The maximum atomic E-state index is 13.6. The van der Waals surface area contributed by atoms with Crippen molar-refractivity contribution in [2.75, 3.05) is 0 Å². The summed E-state index contributed by atoms with van der Waals surface area (Å²) in [6, 6.07) is 9.60. The minimum absolute atomic E-state index is 0.121. The standard InChI is InChI=1S/C22H17F4N5O/c1-11-19(28-16-5-3-2-4-13(16)20(11)32)21-29-18-9-27-17(10-31(18)30-21)12-6-7-15(23)14(8-12)22(24,25)26/h2-8,17,27H,9-10H2,1H3,(H,28,32). The van der Waals surface area contributed by atoms with Crippen molar-refractivity contribution in [1.29, 1.82) is 0 Å². The highest BCUT2D eigenvalue weighted by atomic mass is 19.4. The van der Waals surface area contributed by atoms with Crippen LogP contribution in [0.15, 0.2) is 47.3 Å². The van der Waals surface area contributed by atoms with Crippen molar-refractivity contribution < 1.29 is 17.6 Å². The van der Waals surface area contributed by atoms with E-state index in [0.717, 1.165) is 12.1 Å². The third kappa shape index (κ3) is 3.36. The van der Waals surface area contributed by atoms with Crippen molar-refractivity contribution in [3.63, 3.8) is 0 Å². The molecule has 5 rings (SSSR count). The van der Waals surface area contributed by atoms with Gasteiger partial charge in [-0.3, -0.25) is 4.79 Å². The smallest absolute Gasteiger partial charge is 0.351 e. The Bertz CT molecular complexity index is 1410. The number of aromatic amines is 1. The highest BCUT2D eigenvalue weighted by Crippen LogP contribution is 2.34. The van der Waals surface area contributed by atoms with Gasteiger partial charge in [0.1, 0.15) is 11.6 Å². The van der Waals surface area contributed by atoms with Gasteiger partial charge in [0.2, 0.25) is 0 Å². The third-order valence-corrected chi connectivity index (χ3v) is 5.68. The molecule has 1 aliphatic rings. The second kappa shape index (κ2) is 7.27. The van der Waals surface area contributed by atoms with E-state index >= 15 is 0 Å². The summed E-state index contributed by atoms with van der Waals surface area (Å²) in [7, 11) is 0. The fraction of sp³-hybridized carbons (Fsp3) is 0.227. The summed E-state index contributed by atoms with van der Waals surface area (Å²) >= 11 is 0. The molecule has 10 heteroatoms. The number of aromatic nitrogens is 4. The van der Waals surface area contributed by atoms with E-state index in [-0.39, 0.29) is 18.5 Å². The number of benzene rings is 2. The zero-order valence-corrected chi connectivity index (χ0v) is 16.8. The van der Waals surface area contributed by atoms with Crippen LogP contribution in [0.3, 0.4) is 0 Å². The Labute approximate surface area is 178 Å². The van der Waals surface area contributed by atoms with Crippen LogP contribution < -0.4 is 10.7 Å². The van der Waals surface area contributed by atoms with E-state index in [1.807, 2.05) is 6.07 Å². The largest absolute Gasteiger partial charge is 0.419 e. The molecule has 4 aromatic rings. The Balaban J connectivity index is 1.50. The molecule has 0 fully saturated rings. The molecule has 164 valence electrons. The number of nitrogens with one attached hydrogen (secondary N) is 2. The molecule has 1 atom stereocenters. The maximum absolute atomic E-state index is 13.6. The predicted octanol–water partition coefficient (Wildman–Crippen LogP) is 4.10. The first-order valence-electron chi connectivity index (χ1n) is 9.88. The van der Waals surface area contributed by atoms with Gasteiger partial charge in [-0.2, -0.15) is 13.2 Å². The lowest BCUT2D eigenvalue weighted by molar-refractivity contribution is -0.140. The molecule has 2 aromatic heterocycles.